The molecule has 4 nitrogen and oxygen atoms in total. The molecule has 0 spiro atoms. The minimum atomic E-state index is -3.42. The van der Waals surface area contributed by atoms with Gasteiger partial charge in [-0.25, -0.2) is 8.42 Å². The van der Waals surface area contributed by atoms with Gasteiger partial charge in [0.05, 0.1) is 4.90 Å². The monoisotopic (exact) mass is 330 g/mol. The summed E-state index contributed by atoms with van der Waals surface area (Å²) in [4.78, 5) is 2.68. The molecule has 1 aromatic carbocycles. The van der Waals surface area contributed by atoms with E-state index in [9.17, 15) is 8.42 Å². The zero-order valence-corrected chi connectivity index (χ0v) is 14.2. The summed E-state index contributed by atoms with van der Waals surface area (Å²) in [5, 5.41) is 0. The topological polar surface area (TPSA) is 40.6 Å². The molecule has 0 aliphatic carbocycles. The fourth-order valence-corrected chi connectivity index (χ4v) is 4.23. The second-order valence-electron chi connectivity index (χ2n) is 5.49. The number of nitrogens with zero attached hydrogens (tertiary/aromatic N) is 2. The van der Waals surface area contributed by atoms with Crippen LogP contribution in [0.1, 0.15) is 25.3 Å². The van der Waals surface area contributed by atoms with Gasteiger partial charge in [0.15, 0.2) is 0 Å². The number of rotatable bonds is 6. The normalized spacial score (nSPS) is 20.3. The molecule has 1 saturated heterocycles. The number of hydrogen-bond acceptors (Lipinski definition) is 3. The molecule has 0 aromatic heterocycles. The Morgan fingerprint density at radius 3 is 2.57 bits per heavy atom. The van der Waals surface area contributed by atoms with E-state index in [1.807, 2.05) is 0 Å². The Kier molecular flexibility index (Phi) is 5.66. The number of benzene rings is 1. The minimum Gasteiger partial charge on any atom is -0.299 e. The first kappa shape index (κ1) is 16.7. The summed E-state index contributed by atoms with van der Waals surface area (Å²) in [5.74, 6) is 0.393. The second kappa shape index (κ2) is 7.09. The zero-order valence-electron chi connectivity index (χ0n) is 12.6. The molecule has 1 fully saturated rings. The Balaban J connectivity index is 2.10. The minimum absolute atomic E-state index is 0.330. The van der Waals surface area contributed by atoms with Gasteiger partial charge in [-0.05, 0) is 43.6 Å². The Labute approximate surface area is 132 Å². The van der Waals surface area contributed by atoms with Gasteiger partial charge in [0.2, 0.25) is 10.0 Å². The first-order chi connectivity index (χ1) is 9.98. The maximum Gasteiger partial charge on any atom is 0.242 e. The summed E-state index contributed by atoms with van der Waals surface area (Å²) in [6.07, 6.45) is 2.22. The van der Waals surface area contributed by atoms with E-state index in [-0.39, 0.29) is 0 Å². The van der Waals surface area contributed by atoms with Crippen LogP contribution in [0.5, 0.6) is 0 Å². The molecule has 6 heteroatoms. The van der Waals surface area contributed by atoms with Crippen LogP contribution in [0.4, 0.5) is 0 Å². The molecular weight excluding hydrogens is 308 g/mol. The van der Waals surface area contributed by atoms with E-state index in [4.69, 9.17) is 11.6 Å². The highest BCUT2D eigenvalue weighted by Crippen LogP contribution is 2.21. The lowest BCUT2D eigenvalue weighted by atomic mass is 10.2. The Morgan fingerprint density at radius 2 is 2.00 bits per heavy atom. The maximum absolute atomic E-state index is 12.6. The van der Waals surface area contributed by atoms with E-state index in [2.05, 4.69) is 11.8 Å². The highest BCUT2D eigenvalue weighted by atomic mass is 35.5. The fraction of sp³-hybridized carbons (Fsp3) is 0.600. The van der Waals surface area contributed by atoms with E-state index in [0.29, 0.717) is 23.4 Å². The average molecular weight is 331 g/mol. The van der Waals surface area contributed by atoms with Gasteiger partial charge in [-0.3, -0.25) is 4.90 Å². The summed E-state index contributed by atoms with van der Waals surface area (Å²) < 4.78 is 26.7. The molecule has 1 unspecified atom stereocenters. The molecule has 0 radical (unpaired) electrons. The molecule has 1 aliphatic rings. The summed E-state index contributed by atoms with van der Waals surface area (Å²) in [6, 6.07) is 7.13. The van der Waals surface area contributed by atoms with Crippen LogP contribution in [0.2, 0.25) is 0 Å². The van der Waals surface area contributed by atoms with Crippen molar-refractivity contribution in [3.8, 4) is 0 Å². The SMILES string of the molecule is CCN1CCCC1CN(C)S(=O)(=O)c1ccc(CCl)cc1. The van der Waals surface area contributed by atoms with Gasteiger partial charge in [-0.2, -0.15) is 4.31 Å². The molecule has 118 valence electrons. The molecule has 0 saturated carbocycles. The molecule has 1 aliphatic heterocycles. The van der Waals surface area contributed by atoms with Gasteiger partial charge in [-0.1, -0.05) is 19.1 Å². The van der Waals surface area contributed by atoms with Crippen molar-refractivity contribution in [1.29, 1.82) is 0 Å². The zero-order chi connectivity index (χ0) is 15.5. The van der Waals surface area contributed by atoms with Crippen LogP contribution in [-0.4, -0.2) is 50.3 Å². The highest BCUT2D eigenvalue weighted by molar-refractivity contribution is 7.89. The van der Waals surface area contributed by atoms with E-state index < -0.39 is 10.0 Å². The van der Waals surface area contributed by atoms with Crippen molar-refractivity contribution in [3.63, 3.8) is 0 Å². The first-order valence-corrected chi connectivity index (χ1v) is 9.31. The van der Waals surface area contributed by atoms with Crippen LogP contribution in [-0.2, 0) is 15.9 Å². The lowest BCUT2D eigenvalue weighted by Crippen LogP contribution is -2.41. The summed E-state index contributed by atoms with van der Waals surface area (Å²) in [5.41, 5.74) is 0.922. The lowest BCUT2D eigenvalue weighted by Gasteiger charge is -2.27. The molecule has 21 heavy (non-hydrogen) atoms. The third-order valence-corrected chi connectivity index (χ3v) is 6.31. The lowest BCUT2D eigenvalue weighted by molar-refractivity contribution is 0.237. The first-order valence-electron chi connectivity index (χ1n) is 7.34. The number of halogens is 1. The van der Waals surface area contributed by atoms with Crippen LogP contribution in [0.3, 0.4) is 0 Å². The van der Waals surface area contributed by atoms with Gasteiger partial charge in [0.25, 0.3) is 0 Å². The number of likely N-dealkylation sites (N-methyl/N-ethyl adjacent to an activating group) is 2. The van der Waals surface area contributed by atoms with E-state index >= 15 is 0 Å². The fourth-order valence-electron chi connectivity index (χ4n) is 2.84. The molecule has 0 bridgehead atoms. The smallest absolute Gasteiger partial charge is 0.242 e. The molecular formula is C15H23ClN2O2S. The van der Waals surface area contributed by atoms with Crippen LogP contribution in [0, 0.1) is 0 Å². The van der Waals surface area contributed by atoms with Crippen molar-refractivity contribution in [1.82, 2.24) is 9.21 Å². The van der Waals surface area contributed by atoms with Crippen molar-refractivity contribution in [2.24, 2.45) is 0 Å². The highest BCUT2D eigenvalue weighted by Gasteiger charge is 2.29. The standard InChI is InChI=1S/C15H23ClN2O2S/c1-3-18-10-4-5-14(18)12-17(2)21(19,20)15-8-6-13(11-16)7-9-15/h6-9,14H,3-5,10-12H2,1-2H3. The van der Waals surface area contributed by atoms with Crippen LogP contribution >= 0.6 is 11.6 Å². The van der Waals surface area contributed by atoms with Crippen molar-refractivity contribution in [3.05, 3.63) is 29.8 Å². The van der Waals surface area contributed by atoms with Gasteiger partial charge in [-0.15, -0.1) is 11.6 Å². The molecule has 1 heterocycles. The van der Waals surface area contributed by atoms with E-state index in [1.165, 1.54) is 4.31 Å². The van der Waals surface area contributed by atoms with E-state index in [1.54, 1.807) is 31.3 Å². The molecule has 0 amide bonds. The second-order valence-corrected chi connectivity index (χ2v) is 7.80. The molecule has 2 rings (SSSR count). The third kappa shape index (κ3) is 3.77. The summed E-state index contributed by atoms with van der Waals surface area (Å²) in [7, 11) is -1.76. The van der Waals surface area contributed by atoms with Gasteiger partial charge < -0.3 is 0 Å². The molecule has 0 N–H and O–H groups in total. The third-order valence-electron chi connectivity index (χ3n) is 4.16. The van der Waals surface area contributed by atoms with Crippen LogP contribution in [0.15, 0.2) is 29.2 Å². The maximum atomic E-state index is 12.6. The van der Waals surface area contributed by atoms with Crippen molar-refractivity contribution < 1.29 is 8.42 Å². The molecule has 1 aromatic rings. The molecule has 1 atom stereocenters. The average Bonchev–Trinajstić information content (AvgIpc) is 2.94. The Hall–Kier alpha value is -0.620. The number of sulfonamides is 1. The predicted molar refractivity (Wildman–Crippen MR) is 86.1 cm³/mol. The van der Waals surface area contributed by atoms with Crippen molar-refractivity contribution in [2.75, 3.05) is 26.7 Å². The van der Waals surface area contributed by atoms with Crippen LogP contribution < -0.4 is 0 Å². The summed E-state index contributed by atoms with van der Waals surface area (Å²) >= 11 is 5.74. The van der Waals surface area contributed by atoms with Gasteiger partial charge in [0, 0.05) is 25.5 Å². The quantitative estimate of drug-likeness (QED) is 0.753. The van der Waals surface area contributed by atoms with Gasteiger partial charge in [0.1, 0.15) is 0 Å². The van der Waals surface area contributed by atoms with Gasteiger partial charge >= 0.3 is 0 Å². The number of hydrogen-bond donors (Lipinski definition) is 0. The Morgan fingerprint density at radius 1 is 1.33 bits per heavy atom. The summed E-state index contributed by atoms with van der Waals surface area (Å²) in [6.45, 7) is 4.72. The Bertz CT molecular complexity index is 560. The predicted octanol–water partition coefficient (Wildman–Crippen LogP) is 2.53. The number of likely N-dealkylation sites (tertiary alicyclic amines) is 1. The van der Waals surface area contributed by atoms with Crippen molar-refractivity contribution >= 4 is 21.6 Å². The van der Waals surface area contributed by atoms with E-state index in [0.717, 1.165) is 31.5 Å². The van der Waals surface area contributed by atoms with Crippen LogP contribution in [0.25, 0.3) is 0 Å². The van der Waals surface area contributed by atoms with Crippen molar-refractivity contribution in [2.45, 2.75) is 36.6 Å². The number of alkyl halides is 1. The largest absolute Gasteiger partial charge is 0.299 e.